The van der Waals surface area contributed by atoms with Crippen LogP contribution in [-0.2, 0) is 20.7 Å². The Morgan fingerprint density at radius 3 is 2.44 bits per heavy atom. The van der Waals surface area contributed by atoms with E-state index >= 15 is 0 Å². The number of hydrogen-bond acceptors (Lipinski definition) is 7. The first-order chi connectivity index (χ1) is 18.9. The minimum Gasteiger partial charge on any atom is -0.493 e. The Hall–Kier alpha value is -2.36. The lowest BCUT2D eigenvalue weighted by atomic mass is 9.84. The molecule has 2 fully saturated rings. The van der Waals surface area contributed by atoms with E-state index in [1.54, 1.807) is 27.4 Å². The quantitative estimate of drug-likeness (QED) is 0.289. The summed E-state index contributed by atoms with van der Waals surface area (Å²) >= 11 is 0. The highest BCUT2D eigenvalue weighted by molar-refractivity contribution is 5.97. The Bertz CT molecular complexity index is 918. The molecule has 1 heterocycles. The average molecular weight is 548 g/mol. The molecule has 0 spiro atoms. The smallest absolute Gasteiger partial charge is 0.251 e. The number of methoxy groups -OCH3 is 3. The van der Waals surface area contributed by atoms with E-state index in [2.05, 4.69) is 16.0 Å². The highest BCUT2D eigenvalue weighted by Gasteiger charge is 2.33. The number of nitrogens with one attached hydrogen (secondary N) is 3. The van der Waals surface area contributed by atoms with E-state index in [4.69, 9.17) is 18.9 Å². The van der Waals surface area contributed by atoms with Crippen LogP contribution in [0.5, 0.6) is 11.5 Å². The van der Waals surface area contributed by atoms with E-state index in [0.29, 0.717) is 43.2 Å². The molecule has 1 saturated heterocycles. The predicted octanol–water partition coefficient (Wildman–Crippen LogP) is 3.34. The fourth-order valence-electron chi connectivity index (χ4n) is 5.87. The van der Waals surface area contributed by atoms with E-state index in [1.807, 2.05) is 19.9 Å². The SMILES string of the molecule is COCCCOc1c(OC)ccc(C(=O)NC(C)C)c1C[C@@H]1CNC[C@H]1CNC(=O)[C@H](OC)C1CCCCC1. The third-order valence-electron chi connectivity index (χ3n) is 7.92. The Morgan fingerprint density at radius 2 is 1.77 bits per heavy atom. The van der Waals surface area contributed by atoms with Crippen LogP contribution in [0.1, 0.15) is 68.3 Å². The van der Waals surface area contributed by atoms with Gasteiger partial charge < -0.3 is 34.9 Å². The summed E-state index contributed by atoms with van der Waals surface area (Å²) < 4.78 is 22.7. The molecule has 9 heteroatoms. The molecule has 1 saturated carbocycles. The topological polar surface area (TPSA) is 107 Å². The molecule has 220 valence electrons. The standard InChI is InChI=1S/C30H49N3O6/c1-20(2)33-29(34)24-12-13-26(37-4)28(39-15-9-14-36-3)25(24)16-22-17-31-18-23(22)19-32-30(35)27(38-5)21-10-7-6-8-11-21/h12-13,20-23,27,31H,6-11,14-19H2,1-5H3,(H,32,35)(H,33,34)/t22-,23+,27-/m1/s1. The fourth-order valence-corrected chi connectivity index (χ4v) is 5.87. The molecular formula is C30H49N3O6. The Kier molecular flexibility index (Phi) is 12.8. The lowest BCUT2D eigenvalue weighted by Gasteiger charge is -2.29. The van der Waals surface area contributed by atoms with Crippen LogP contribution in [0.3, 0.4) is 0 Å². The fraction of sp³-hybridized carbons (Fsp3) is 0.733. The summed E-state index contributed by atoms with van der Waals surface area (Å²) in [6, 6.07) is 3.62. The van der Waals surface area contributed by atoms with E-state index in [9.17, 15) is 9.59 Å². The van der Waals surface area contributed by atoms with E-state index in [-0.39, 0.29) is 35.6 Å². The summed E-state index contributed by atoms with van der Waals surface area (Å²) in [5.41, 5.74) is 1.43. The zero-order valence-corrected chi connectivity index (χ0v) is 24.5. The van der Waals surface area contributed by atoms with Crippen LogP contribution >= 0.6 is 0 Å². The molecule has 1 aromatic rings. The molecule has 9 nitrogen and oxygen atoms in total. The van der Waals surface area contributed by atoms with Gasteiger partial charge in [0.25, 0.3) is 5.91 Å². The maximum absolute atomic E-state index is 13.2. The third-order valence-corrected chi connectivity index (χ3v) is 7.92. The number of ether oxygens (including phenoxy) is 4. The summed E-state index contributed by atoms with van der Waals surface area (Å²) in [4.78, 5) is 26.3. The molecule has 2 aliphatic rings. The molecule has 2 amide bonds. The van der Waals surface area contributed by atoms with E-state index in [1.165, 1.54) is 6.42 Å². The molecule has 0 aromatic heterocycles. The third kappa shape index (κ3) is 8.82. The van der Waals surface area contributed by atoms with Crippen molar-refractivity contribution in [1.82, 2.24) is 16.0 Å². The van der Waals surface area contributed by atoms with Crippen molar-refractivity contribution in [1.29, 1.82) is 0 Å². The van der Waals surface area contributed by atoms with Gasteiger partial charge in [-0.15, -0.1) is 0 Å². The first kappa shape index (κ1) is 31.2. The second kappa shape index (κ2) is 16.0. The van der Waals surface area contributed by atoms with Gasteiger partial charge >= 0.3 is 0 Å². The van der Waals surface area contributed by atoms with E-state index < -0.39 is 6.10 Å². The molecule has 0 unspecified atom stereocenters. The van der Waals surface area contributed by atoms with Gasteiger partial charge in [0, 0.05) is 51.0 Å². The summed E-state index contributed by atoms with van der Waals surface area (Å²) in [6.07, 6.45) is 6.61. The minimum atomic E-state index is -0.394. The molecule has 1 aliphatic carbocycles. The first-order valence-corrected chi connectivity index (χ1v) is 14.5. The van der Waals surface area contributed by atoms with Crippen molar-refractivity contribution < 1.29 is 28.5 Å². The lowest BCUT2D eigenvalue weighted by molar-refractivity contribution is -0.135. The largest absolute Gasteiger partial charge is 0.493 e. The number of amides is 2. The molecule has 3 rings (SSSR count). The van der Waals surface area contributed by atoms with Gasteiger partial charge in [0.05, 0.1) is 13.7 Å². The van der Waals surface area contributed by atoms with Gasteiger partial charge in [0.15, 0.2) is 11.5 Å². The maximum atomic E-state index is 13.2. The van der Waals surface area contributed by atoms with Gasteiger partial charge in [-0.05, 0) is 76.1 Å². The van der Waals surface area contributed by atoms with Crippen molar-refractivity contribution >= 4 is 11.8 Å². The zero-order valence-electron chi connectivity index (χ0n) is 24.5. The zero-order chi connectivity index (χ0) is 28.2. The Morgan fingerprint density at radius 1 is 1.03 bits per heavy atom. The number of rotatable bonds is 15. The van der Waals surface area contributed by atoms with Crippen LogP contribution in [0, 0.1) is 17.8 Å². The molecule has 39 heavy (non-hydrogen) atoms. The van der Waals surface area contributed by atoms with Crippen LogP contribution in [0.4, 0.5) is 0 Å². The van der Waals surface area contributed by atoms with Crippen molar-refractivity contribution in [3.63, 3.8) is 0 Å². The monoisotopic (exact) mass is 547 g/mol. The summed E-state index contributed by atoms with van der Waals surface area (Å²) in [6.45, 7) is 7.09. The van der Waals surface area contributed by atoms with Crippen molar-refractivity contribution in [2.24, 2.45) is 17.8 Å². The van der Waals surface area contributed by atoms with Crippen molar-refractivity contribution in [2.75, 3.05) is 54.2 Å². The normalized spacial score (nSPS) is 20.6. The second-order valence-corrected chi connectivity index (χ2v) is 11.1. The van der Waals surface area contributed by atoms with Gasteiger partial charge in [0.2, 0.25) is 5.91 Å². The van der Waals surface area contributed by atoms with Crippen LogP contribution in [-0.4, -0.2) is 78.1 Å². The van der Waals surface area contributed by atoms with Gasteiger partial charge in [-0.1, -0.05) is 19.3 Å². The van der Waals surface area contributed by atoms with Gasteiger partial charge in [0.1, 0.15) is 6.10 Å². The summed E-state index contributed by atoms with van der Waals surface area (Å²) in [7, 11) is 4.92. The molecule has 1 aromatic carbocycles. The van der Waals surface area contributed by atoms with Crippen LogP contribution in [0.25, 0.3) is 0 Å². The Labute approximate surface area is 234 Å². The minimum absolute atomic E-state index is 0.00697. The molecule has 0 radical (unpaired) electrons. The second-order valence-electron chi connectivity index (χ2n) is 11.1. The van der Waals surface area contributed by atoms with Crippen molar-refractivity contribution in [2.45, 2.75) is 70.9 Å². The van der Waals surface area contributed by atoms with Crippen LogP contribution in [0.2, 0.25) is 0 Å². The maximum Gasteiger partial charge on any atom is 0.251 e. The number of carbonyl (C=O) groups is 2. The number of hydrogen-bond donors (Lipinski definition) is 3. The predicted molar refractivity (Wildman–Crippen MR) is 152 cm³/mol. The van der Waals surface area contributed by atoms with E-state index in [0.717, 1.165) is 50.8 Å². The molecule has 1 aliphatic heterocycles. The number of benzene rings is 1. The molecule has 3 N–H and O–H groups in total. The average Bonchev–Trinajstić information content (AvgIpc) is 3.37. The summed E-state index contributed by atoms with van der Waals surface area (Å²) in [5.74, 6) is 1.78. The molecule has 0 bridgehead atoms. The van der Waals surface area contributed by atoms with Crippen molar-refractivity contribution in [3.8, 4) is 11.5 Å². The lowest BCUT2D eigenvalue weighted by Crippen LogP contribution is -2.44. The van der Waals surface area contributed by atoms with Gasteiger partial charge in [-0.2, -0.15) is 0 Å². The van der Waals surface area contributed by atoms with Gasteiger partial charge in [-0.25, -0.2) is 0 Å². The highest BCUT2D eigenvalue weighted by atomic mass is 16.5. The van der Waals surface area contributed by atoms with Gasteiger partial charge in [-0.3, -0.25) is 9.59 Å². The highest BCUT2D eigenvalue weighted by Crippen LogP contribution is 2.37. The number of carbonyl (C=O) groups excluding carboxylic acids is 2. The Balaban J connectivity index is 1.77. The van der Waals surface area contributed by atoms with Crippen LogP contribution in [0.15, 0.2) is 12.1 Å². The summed E-state index contributed by atoms with van der Waals surface area (Å²) in [5, 5.41) is 9.70. The molecule has 3 atom stereocenters. The molecular weight excluding hydrogens is 498 g/mol. The van der Waals surface area contributed by atoms with Crippen molar-refractivity contribution in [3.05, 3.63) is 23.3 Å². The van der Waals surface area contributed by atoms with Crippen LogP contribution < -0.4 is 25.4 Å². The first-order valence-electron chi connectivity index (χ1n) is 14.5.